The molecule has 1 atom stereocenters. The number of nitrogens with zero attached hydrogens (tertiary/aromatic N) is 1. The van der Waals surface area contributed by atoms with E-state index in [9.17, 15) is 0 Å². The Morgan fingerprint density at radius 3 is 2.81 bits per heavy atom. The van der Waals surface area contributed by atoms with E-state index < -0.39 is 0 Å². The molecule has 3 nitrogen and oxygen atoms in total. The van der Waals surface area contributed by atoms with Crippen LogP contribution in [0.3, 0.4) is 0 Å². The van der Waals surface area contributed by atoms with Gasteiger partial charge in [-0.05, 0) is 37.1 Å². The second-order valence-electron chi connectivity index (χ2n) is 4.33. The van der Waals surface area contributed by atoms with Crippen LogP contribution >= 0.6 is 0 Å². The van der Waals surface area contributed by atoms with Crippen LogP contribution in [0.4, 0.5) is 0 Å². The summed E-state index contributed by atoms with van der Waals surface area (Å²) < 4.78 is 7.38. The first-order valence-corrected chi connectivity index (χ1v) is 5.49. The summed E-state index contributed by atoms with van der Waals surface area (Å²) in [6.45, 7) is 2.03. The molecule has 0 saturated carbocycles. The predicted octanol–water partition coefficient (Wildman–Crippen LogP) is 2.08. The summed E-state index contributed by atoms with van der Waals surface area (Å²) >= 11 is 0. The second-order valence-corrected chi connectivity index (χ2v) is 4.33. The molecular formula is C13H18N2O. The average Bonchev–Trinajstić information content (AvgIpc) is 2.54. The van der Waals surface area contributed by atoms with Crippen LogP contribution in [0, 0.1) is 0 Å². The van der Waals surface area contributed by atoms with E-state index in [2.05, 4.69) is 29.9 Å². The van der Waals surface area contributed by atoms with Crippen molar-refractivity contribution in [3.05, 3.63) is 30.0 Å². The molecule has 2 rings (SSSR count). The van der Waals surface area contributed by atoms with Crippen molar-refractivity contribution in [2.24, 2.45) is 12.8 Å². The maximum absolute atomic E-state index is 5.85. The number of ether oxygens (including phenoxy) is 1. The summed E-state index contributed by atoms with van der Waals surface area (Å²) in [7, 11) is 3.74. The number of rotatable bonds is 3. The van der Waals surface area contributed by atoms with Crippen LogP contribution in [-0.4, -0.2) is 17.7 Å². The fraction of sp³-hybridized carbons (Fsp3) is 0.385. The molecule has 0 spiro atoms. The van der Waals surface area contributed by atoms with Gasteiger partial charge in [0.05, 0.1) is 7.11 Å². The largest absolute Gasteiger partial charge is 0.497 e. The molecule has 3 heteroatoms. The lowest BCUT2D eigenvalue weighted by Crippen LogP contribution is -2.17. The minimum absolute atomic E-state index is 0.178. The third kappa shape index (κ3) is 1.91. The Labute approximate surface area is 95.8 Å². The highest BCUT2D eigenvalue weighted by Crippen LogP contribution is 2.26. The molecule has 0 aliphatic heterocycles. The fourth-order valence-corrected chi connectivity index (χ4v) is 2.09. The van der Waals surface area contributed by atoms with Gasteiger partial charge in [-0.1, -0.05) is 0 Å². The van der Waals surface area contributed by atoms with Crippen LogP contribution in [0.15, 0.2) is 24.4 Å². The molecule has 2 aromatic rings. The number of benzene rings is 1. The van der Waals surface area contributed by atoms with Crippen molar-refractivity contribution in [1.29, 1.82) is 0 Å². The van der Waals surface area contributed by atoms with Crippen molar-refractivity contribution >= 4 is 10.9 Å². The van der Waals surface area contributed by atoms with Crippen LogP contribution in [0.25, 0.3) is 10.9 Å². The highest BCUT2D eigenvalue weighted by Gasteiger charge is 2.09. The monoisotopic (exact) mass is 218 g/mol. The van der Waals surface area contributed by atoms with E-state index in [0.717, 1.165) is 12.2 Å². The van der Waals surface area contributed by atoms with Crippen LogP contribution < -0.4 is 10.5 Å². The quantitative estimate of drug-likeness (QED) is 0.856. The molecule has 1 heterocycles. The summed E-state index contributed by atoms with van der Waals surface area (Å²) in [6, 6.07) is 6.32. The molecule has 0 saturated heterocycles. The molecule has 0 fully saturated rings. The summed E-state index contributed by atoms with van der Waals surface area (Å²) in [4.78, 5) is 0. The number of nitrogens with two attached hydrogens (primary N) is 1. The van der Waals surface area contributed by atoms with Gasteiger partial charge in [0.25, 0.3) is 0 Å². The highest BCUT2D eigenvalue weighted by molar-refractivity contribution is 5.85. The fourth-order valence-electron chi connectivity index (χ4n) is 2.09. The summed E-state index contributed by atoms with van der Waals surface area (Å²) in [6.07, 6.45) is 3.04. The lowest BCUT2D eigenvalue weighted by Gasteiger charge is -2.04. The Bertz CT molecular complexity index is 500. The standard InChI is InChI=1S/C13H18N2O/c1-9(14)6-10-8-15(2)13-5-4-11(16-3)7-12(10)13/h4-5,7-9H,6,14H2,1-3H3. The SMILES string of the molecule is COc1ccc2c(c1)c(CC(C)N)cn2C. The zero-order valence-electron chi connectivity index (χ0n) is 10.0. The van der Waals surface area contributed by atoms with E-state index >= 15 is 0 Å². The molecular weight excluding hydrogens is 200 g/mol. The molecule has 1 aromatic heterocycles. The normalized spacial score (nSPS) is 13.0. The zero-order chi connectivity index (χ0) is 11.7. The number of aromatic nitrogens is 1. The smallest absolute Gasteiger partial charge is 0.119 e. The first-order chi connectivity index (χ1) is 7.61. The lowest BCUT2D eigenvalue weighted by atomic mass is 10.1. The lowest BCUT2D eigenvalue weighted by molar-refractivity contribution is 0.415. The van der Waals surface area contributed by atoms with Crippen molar-refractivity contribution in [3.63, 3.8) is 0 Å². The first kappa shape index (κ1) is 11.0. The van der Waals surface area contributed by atoms with Crippen molar-refractivity contribution in [1.82, 2.24) is 4.57 Å². The average molecular weight is 218 g/mol. The van der Waals surface area contributed by atoms with Gasteiger partial charge in [-0.3, -0.25) is 0 Å². The highest BCUT2D eigenvalue weighted by atomic mass is 16.5. The van der Waals surface area contributed by atoms with Gasteiger partial charge in [0.15, 0.2) is 0 Å². The van der Waals surface area contributed by atoms with Gasteiger partial charge in [0.1, 0.15) is 5.75 Å². The molecule has 0 amide bonds. The number of hydrogen-bond donors (Lipinski definition) is 1. The number of methoxy groups -OCH3 is 1. The van der Waals surface area contributed by atoms with E-state index in [1.165, 1.54) is 16.5 Å². The molecule has 0 aliphatic rings. The molecule has 1 aromatic carbocycles. The maximum Gasteiger partial charge on any atom is 0.119 e. The first-order valence-electron chi connectivity index (χ1n) is 5.49. The van der Waals surface area contributed by atoms with E-state index in [0.29, 0.717) is 0 Å². The van der Waals surface area contributed by atoms with Gasteiger partial charge < -0.3 is 15.0 Å². The van der Waals surface area contributed by atoms with Gasteiger partial charge in [0.2, 0.25) is 0 Å². The molecule has 16 heavy (non-hydrogen) atoms. The van der Waals surface area contributed by atoms with E-state index in [1.807, 2.05) is 13.0 Å². The Hall–Kier alpha value is -1.48. The van der Waals surface area contributed by atoms with Gasteiger partial charge in [-0.15, -0.1) is 0 Å². The molecule has 0 radical (unpaired) electrons. The van der Waals surface area contributed by atoms with E-state index in [-0.39, 0.29) is 6.04 Å². The number of aryl methyl sites for hydroxylation is 1. The molecule has 1 unspecified atom stereocenters. The third-order valence-corrected chi connectivity index (χ3v) is 2.82. The number of hydrogen-bond acceptors (Lipinski definition) is 2. The zero-order valence-corrected chi connectivity index (χ0v) is 10.0. The van der Waals surface area contributed by atoms with E-state index in [1.54, 1.807) is 7.11 Å². The van der Waals surface area contributed by atoms with Crippen LogP contribution in [-0.2, 0) is 13.5 Å². The van der Waals surface area contributed by atoms with Crippen molar-refractivity contribution < 1.29 is 4.74 Å². The Balaban J connectivity index is 2.56. The second kappa shape index (κ2) is 4.18. The topological polar surface area (TPSA) is 40.2 Å². The van der Waals surface area contributed by atoms with Gasteiger partial charge in [-0.25, -0.2) is 0 Å². The number of fused-ring (bicyclic) bond motifs is 1. The summed E-state index contributed by atoms with van der Waals surface area (Å²) in [5.74, 6) is 0.893. The van der Waals surface area contributed by atoms with Crippen molar-refractivity contribution in [2.45, 2.75) is 19.4 Å². The predicted molar refractivity (Wildman–Crippen MR) is 66.8 cm³/mol. The summed E-state index contributed by atoms with van der Waals surface area (Å²) in [5, 5.41) is 1.24. The molecule has 0 bridgehead atoms. The Morgan fingerprint density at radius 1 is 1.44 bits per heavy atom. The van der Waals surface area contributed by atoms with Crippen LogP contribution in [0.5, 0.6) is 5.75 Å². The van der Waals surface area contributed by atoms with Crippen LogP contribution in [0.2, 0.25) is 0 Å². The minimum Gasteiger partial charge on any atom is -0.497 e. The molecule has 86 valence electrons. The van der Waals surface area contributed by atoms with Crippen molar-refractivity contribution in [2.75, 3.05) is 7.11 Å². The summed E-state index contributed by atoms with van der Waals surface area (Å²) in [5.41, 5.74) is 8.36. The van der Waals surface area contributed by atoms with E-state index in [4.69, 9.17) is 10.5 Å². The molecule has 2 N–H and O–H groups in total. The van der Waals surface area contributed by atoms with Crippen LogP contribution in [0.1, 0.15) is 12.5 Å². The molecule has 0 aliphatic carbocycles. The van der Waals surface area contributed by atoms with Gasteiger partial charge in [0, 0.05) is 30.2 Å². The Kier molecular flexibility index (Phi) is 2.88. The minimum atomic E-state index is 0.178. The van der Waals surface area contributed by atoms with Gasteiger partial charge >= 0.3 is 0 Å². The van der Waals surface area contributed by atoms with Gasteiger partial charge in [-0.2, -0.15) is 0 Å². The van der Waals surface area contributed by atoms with Crippen molar-refractivity contribution in [3.8, 4) is 5.75 Å². The Morgan fingerprint density at radius 2 is 2.19 bits per heavy atom. The third-order valence-electron chi connectivity index (χ3n) is 2.82. The maximum atomic E-state index is 5.85.